The first kappa shape index (κ1) is 12.8. The Hall–Kier alpha value is -1.62. The van der Waals surface area contributed by atoms with Gasteiger partial charge in [-0.05, 0) is 28.4 Å². The Labute approximate surface area is 115 Å². The number of hydrogen-bond donors (Lipinski definition) is 1. The van der Waals surface area contributed by atoms with Crippen LogP contribution in [0.4, 0.5) is 5.82 Å². The third-order valence-corrected chi connectivity index (χ3v) is 3.27. The van der Waals surface area contributed by atoms with Gasteiger partial charge in [-0.1, -0.05) is 30.3 Å². The second-order valence-corrected chi connectivity index (χ2v) is 4.56. The van der Waals surface area contributed by atoms with E-state index in [1.807, 2.05) is 37.3 Å². The van der Waals surface area contributed by atoms with Gasteiger partial charge in [-0.2, -0.15) is 0 Å². The summed E-state index contributed by atoms with van der Waals surface area (Å²) in [6.45, 7) is 1.99. The molecule has 0 amide bonds. The molecule has 4 nitrogen and oxygen atoms in total. The number of halogens is 1. The molecule has 1 heterocycles. The molecule has 0 bridgehead atoms. The van der Waals surface area contributed by atoms with Crippen LogP contribution in [0.25, 0.3) is 0 Å². The Bertz CT molecular complexity index is 519. The van der Waals surface area contributed by atoms with Crippen molar-refractivity contribution in [2.45, 2.75) is 13.0 Å². The van der Waals surface area contributed by atoms with Gasteiger partial charge in [0, 0.05) is 7.05 Å². The van der Waals surface area contributed by atoms with Gasteiger partial charge in [0.2, 0.25) is 5.88 Å². The number of rotatable bonds is 4. The fraction of sp³-hybridized carbons (Fsp3) is 0.231. The molecule has 5 heteroatoms. The van der Waals surface area contributed by atoms with Crippen LogP contribution >= 0.6 is 15.9 Å². The van der Waals surface area contributed by atoms with E-state index >= 15 is 0 Å². The third kappa shape index (κ3) is 2.79. The van der Waals surface area contributed by atoms with E-state index in [4.69, 9.17) is 4.74 Å². The first-order valence-corrected chi connectivity index (χ1v) is 6.41. The molecule has 94 valence electrons. The molecule has 0 fully saturated rings. The summed E-state index contributed by atoms with van der Waals surface area (Å²) in [5, 5.41) is 2.97. The van der Waals surface area contributed by atoms with Crippen LogP contribution in [0.2, 0.25) is 0 Å². The van der Waals surface area contributed by atoms with Gasteiger partial charge in [-0.3, -0.25) is 0 Å². The van der Waals surface area contributed by atoms with Crippen molar-refractivity contribution in [3.05, 3.63) is 46.7 Å². The van der Waals surface area contributed by atoms with Crippen molar-refractivity contribution in [1.29, 1.82) is 0 Å². The van der Waals surface area contributed by atoms with Crippen LogP contribution in [0, 0.1) is 0 Å². The van der Waals surface area contributed by atoms with Gasteiger partial charge in [0.15, 0.2) is 0 Å². The molecule has 0 saturated carbocycles. The summed E-state index contributed by atoms with van der Waals surface area (Å²) >= 11 is 3.43. The molecule has 0 radical (unpaired) electrons. The zero-order valence-electron chi connectivity index (χ0n) is 10.2. The van der Waals surface area contributed by atoms with E-state index in [9.17, 15) is 0 Å². The van der Waals surface area contributed by atoms with Crippen LogP contribution in [-0.2, 0) is 0 Å². The quantitative estimate of drug-likeness (QED) is 0.940. The van der Waals surface area contributed by atoms with E-state index in [-0.39, 0.29) is 6.10 Å². The molecule has 0 aliphatic carbocycles. The van der Waals surface area contributed by atoms with Gasteiger partial charge >= 0.3 is 0 Å². The lowest BCUT2D eigenvalue weighted by Gasteiger charge is -2.15. The lowest BCUT2D eigenvalue weighted by molar-refractivity contribution is 0.215. The van der Waals surface area contributed by atoms with Gasteiger partial charge < -0.3 is 10.1 Å². The summed E-state index contributed by atoms with van der Waals surface area (Å²) in [5.41, 5.74) is 1.11. The normalized spacial score (nSPS) is 11.9. The summed E-state index contributed by atoms with van der Waals surface area (Å²) in [6.07, 6.45) is 1.41. The number of aromatic nitrogens is 2. The molecule has 1 N–H and O–H groups in total. The molecule has 0 spiro atoms. The fourth-order valence-electron chi connectivity index (χ4n) is 1.57. The average Bonchev–Trinajstić information content (AvgIpc) is 2.42. The third-order valence-electron chi connectivity index (χ3n) is 2.55. The van der Waals surface area contributed by atoms with Crippen LogP contribution in [0.15, 0.2) is 41.1 Å². The summed E-state index contributed by atoms with van der Waals surface area (Å²) < 4.78 is 6.57. The molecule has 18 heavy (non-hydrogen) atoms. The average molecular weight is 308 g/mol. The largest absolute Gasteiger partial charge is 0.469 e. The van der Waals surface area contributed by atoms with E-state index in [2.05, 4.69) is 31.2 Å². The first-order valence-electron chi connectivity index (χ1n) is 5.62. The van der Waals surface area contributed by atoms with Crippen LogP contribution in [-0.4, -0.2) is 17.0 Å². The molecule has 0 aliphatic heterocycles. The van der Waals surface area contributed by atoms with E-state index in [1.54, 1.807) is 7.05 Å². The minimum Gasteiger partial charge on any atom is -0.469 e. The van der Waals surface area contributed by atoms with Crippen LogP contribution in [0.5, 0.6) is 5.88 Å². The van der Waals surface area contributed by atoms with Gasteiger partial charge in [-0.15, -0.1) is 0 Å². The second-order valence-electron chi connectivity index (χ2n) is 3.76. The predicted octanol–water partition coefficient (Wildman–Crippen LogP) is 3.42. The van der Waals surface area contributed by atoms with Crippen molar-refractivity contribution in [2.24, 2.45) is 0 Å². The zero-order chi connectivity index (χ0) is 13.0. The maximum absolute atomic E-state index is 5.84. The van der Waals surface area contributed by atoms with E-state index < -0.39 is 0 Å². The second kappa shape index (κ2) is 5.82. The smallest absolute Gasteiger partial charge is 0.233 e. The molecular formula is C13H14BrN3O. The Morgan fingerprint density at radius 2 is 1.94 bits per heavy atom. The van der Waals surface area contributed by atoms with E-state index in [0.29, 0.717) is 11.7 Å². The molecular weight excluding hydrogens is 294 g/mol. The lowest BCUT2D eigenvalue weighted by atomic mass is 10.1. The molecule has 2 aromatic rings. The Kier molecular flexibility index (Phi) is 4.15. The number of ether oxygens (including phenoxy) is 1. The van der Waals surface area contributed by atoms with Gasteiger partial charge in [0.25, 0.3) is 0 Å². The van der Waals surface area contributed by atoms with E-state index in [0.717, 1.165) is 10.0 Å². The molecule has 1 atom stereocenters. The summed E-state index contributed by atoms with van der Waals surface area (Å²) in [5.74, 6) is 1.24. The van der Waals surface area contributed by atoms with Crippen molar-refractivity contribution < 1.29 is 4.74 Å². The van der Waals surface area contributed by atoms with Crippen molar-refractivity contribution in [3.63, 3.8) is 0 Å². The summed E-state index contributed by atoms with van der Waals surface area (Å²) in [7, 11) is 1.80. The molecule has 0 saturated heterocycles. The molecule has 2 rings (SSSR count). The van der Waals surface area contributed by atoms with Crippen LogP contribution in [0.1, 0.15) is 18.6 Å². The molecule has 1 aromatic heterocycles. The number of hydrogen-bond acceptors (Lipinski definition) is 4. The maximum Gasteiger partial charge on any atom is 0.233 e. The molecule has 0 aliphatic rings. The number of anilines is 1. The van der Waals surface area contributed by atoms with Crippen molar-refractivity contribution in [2.75, 3.05) is 12.4 Å². The zero-order valence-corrected chi connectivity index (χ0v) is 11.8. The SMILES string of the molecule is CNc1ncnc(OC(C)c2ccccc2)c1Br. The highest BCUT2D eigenvalue weighted by atomic mass is 79.9. The van der Waals surface area contributed by atoms with Crippen molar-refractivity contribution in [3.8, 4) is 5.88 Å². The summed E-state index contributed by atoms with van der Waals surface area (Å²) in [4.78, 5) is 8.22. The van der Waals surface area contributed by atoms with Gasteiger partial charge in [0.05, 0.1) is 0 Å². The number of benzene rings is 1. The number of nitrogens with one attached hydrogen (secondary N) is 1. The monoisotopic (exact) mass is 307 g/mol. The van der Waals surface area contributed by atoms with E-state index in [1.165, 1.54) is 6.33 Å². The fourth-order valence-corrected chi connectivity index (χ4v) is 2.07. The Morgan fingerprint density at radius 3 is 2.61 bits per heavy atom. The topological polar surface area (TPSA) is 47.0 Å². The van der Waals surface area contributed by atoms with Crippen molar-refractivity contribution >= 4 is 21.7 Å². The minimum atomic E-state index is -0.0675. The number of nitrogens with zero attached hydrogens (tertiary/aromatic N) is 2. The van der Waals surface area contributed by atoms with Crippen LogP contribution in [0.3, 0.4) is 0 Å². The van der Waals surface area contributed by atoms with Gasteiger partial charge in [0.1, 0.15) is 22.7 Å². The summed E-state index contributed by atoms with van der Waals surface area (Å²) in [6, 6.07) is 10.0. The Morgan fingerprint density at radius 1 is 1.22 bits per heavy atom. The van der Waals surface area contributed by atoms with Crippen molar-refractivity contribution in [1.82, 2.24) is 9.97 Å². The van der Waals surface area contributed by atoms with Gasteiger partial charge in [-0.25, -0.2) is 9.97 Å². The highest BCUT2D eigenvalue weighted by molar-refractivity contribution is 9.10. The molecule has 1 aromatic carbocycles. The van der Waals surface area contributed by atoms with Crippen LogP contribution < -0.4 is 10.1 Å². The maximum atomic E-state index is 5.84. The lowest BCUT2D eigenvalue weighted by Crippen LogP contribution is -2.06. The highest BCUT2D eigenvalue weighted by Gasteiger charge is 2.13. The highest BCUT2D eigenvalue weighted by Crippen LogP contribution is 2.31. The minimum absolute atomic E-state index is 0.0675. The predicted molar refractivity (Wildman–Crippen MR) is 74.8 cm³/mol. The molecule has 1 unspecified atom stereocenters. The standard InChI is InChI=1S/C13H14BrN3O/c1-9(10-6-4-3-5-7-10)18-13-11(14)12(15-2)16-8-17-13/h3-9H,1-2H3,(H,15,16,17). The Balaban J connectivity index is 2.19. The first-order chi connectivity index (χ1) is 8.72.